The number of hydrogen-bond donors (Lipinski definition) is 1. The first-order valence-corrected chi connectivity index (χ1v) is 6.68. The van der Waals surface area contributed by atoms with Crippen LogP contribution in [-0.4, -0.2) is 16.1 Å². The van der Waals surface area contributed by atoms with Crippen molar-refractivity contribution >= 4 is 27.9 Å². The van der Waals surface area contributed by atoms with Gasteiger partial charge in [-0.25, -0.2) is 8.78 Å². The molecule has 0 radical (unpaired) electrons. The van der Waals surface area contributed by atoms with Crippen LogP contribution in [0.2, 0.25) is 0 Å². The highest BCUT2D eigenvalue weighted by Gasteiger charge is 2.17. The van der Waals surface area contributed by atoms with E-state index in [9.17, 15) is 13.6 Å². The van der Waals surface area contributed by atoms with Crippen molar-refractivity contribution in [1.29, 1.82) is 0 Å². The van der Waals surface area contributed by atoms with Crippen LogP contribution >= 0.6 is 15.9 Å². The van der Waals surface area contributed by atoms with E-state index in [0.717, 1.165) is 12.1 Å². The predicted octanol–water partition coefficient (Wildman–Crippen LogP) is 3.62. The number of carbonyl (C=O) groups excluding carboxylic acids is 1. The van der Waals surface area contributed by atoms with Crippen LogP contribution in [-0.2, 0) is 0 Å². The van der Waals surface area contributed by atoms with Crippen molar-refractivity contribution in [3.05, 3.63) is 52.2 Å². The Hall–Kier alpha value is -2.55. The highest BCUT2D eigenvalue weighted by atomic mass is 79.9. The Morgan fingerprint density at radius 3 is 2.64 bits per heavy atom. The number of hydrogen-bond acceptors (Lipinski definition) is 5. The molecule has 0 bridgehead atoms. The fourth-order valence-electron chi connectivity index (χ4n) is 1.64. The summed E-state index contributed by atoms with van der Waals surface area (Å²) in [5.41, 5.74) is -0.345. The largest absolute Gasteiger partial charge is 0.444 e. The van der Waals surface area contributed by atoms with Crippen molar-refractivity contribution in [1.82, 2.24) is 10.2 Å². The molecule has 3 rings (SSSR count). The minimum absolute atomic E-state index is 0.0422. The van der Waals surface area contributed by atoms with E-state index in [1.165, 1.54) is 0 Å². The van der Waals surface area contributed by atoms with Crippen molar-refractivity contribution in [3.8, 4) is 11.7 Å². The Balaban J connectivity index is 1.79. The standard InChI is InChI=1S/C13H6BrF2N3O3/c14-10-4-3-9(21-10)12-18-19-13(22-12)17-11(20)7-2-1-6(15)5-8(7)16/h1-5H,(H,17,19,20). The van der Waals surface area contributed by atoms with E-state index in [-0.39, 0.29) is 17.5 Å². The lowest BCUT2D eigenvalue weighted by atomic mass is 10.2. The van der Waals surface area contributed by atoms with Gasteiger partial charge in [-0.2, -0.15) is 0 Å². The molecule has 112 valence electrons. The van der Waals surface area contributed by atoms with Crippen LogP contribution in [0, 0.1) is 11.6 Å². The predicted molar refractivity (Wildman–Crippen MR) is 74.0 cm³/mol. The summed E-state index contributed by atoms with van der Waals surface area (Å²) in [5, 5.41) is 9.50. The smallest absolute Gasteiger partial charge is 0.322 e. The minimum Gasteiger partial charge on any atom is -0.444 e. The lowest BCUT2D eigenvalue weighted by Crippen LogP contribution is -2.14. The molecule has 2 aromatic heterocycles. The molecule has 0 unspecified atom stereocenters. The molecule has 0 saturated heterocycles. The van der Waals surface area contributed by atoms with Crippen molar-refractivity contribution in [3.63, 3.8) is 0 Å². The highest BCUT2D eigenvalue weighted by Crippen LogP contribution is 2.25. The number of benzene rings is 1. The minimum atomic E-state index is -0.993. The lowest BCUT2D eigenvalue weighted by molar-refractivity contribution is 0.102. The maximum Gasteiger partial charge on any atom is 0.322 e. The van der Waals surface area contributed by atoms with Gasteiger partial charge in [-0.3, -0.25) is 10.1 Å². The number of amides is 1. The zero-order valence-electron chi connectivity index (χ0n) is 10.6. The molecule has 9 heteroatoms. The topological polar surface area (TPSA) is 81.2 Å². The second-order valence-electron chi connectivity index (χ2n) is 4.09. The lowest BCUT2D eigenvalue weighted by Gasteiger charge is -2.01. The number of anilines is 1. The number of aromatic nitrogens is 2. The van der Waals surface area contributed by atoms with Crippen molar-refractivity contribution in [2.24, 2.45) is 0 Å². The summed E-state index contributed by atoms with van der Waals surface area (Å²) in [4.78, 5) is 11.9. The first-order chi connectivity index (χ1) is 10.5. The summed E-state index contributed by atoms with van der Waals surface area (Å²) in [6.45, 7) is 0. The number of carbonyl (C=O) groups is 1. The Morgan fingerprint density at radius 1 is 1.14 bits per heavy atom. The number of nitrogens with one attached hydrogen (secondary N) is 1. The first-order valence-electron chi connectivity index (χ1n) is 5.88. The van der Waals surface area contributed by atoms with Crippen molar-refractivity contribution in [2.75, 3.05) is 5.32 Å². The zero-order valence-corrected chi connectivity index (χ0v) is 12.2. The van der Waals surface area contributed by atoms with E-state index < -0.39 is 17.5 Å². The van der Waals surface area contributed by atoms with E-state index in [1.807, 2.05) is 0 Å². The molecule has 6 nitrogen and oxygen atoms in total. The van der Waals surface area contributed by atoms with Gasteiger partial charge in [-0.15, -0.1) is 5.10 Å². The van der Waals surface area contributed by atoms with Crippen LogP contribution in [0.25, 0.3) is 11.7 Å². The summed E-state index contributed by atoms with van der Waals surface area (Å²) >= 11 is 3.12. The van der Waals surface area contributed by atoms with E-state index >= 15 is 0 Å². The second kappa shape index (κ2) is 5.68. The third-order valence-corrected chi connectivity index (χ3v) is 3.03. The van der Waals surface area contributed by atoms with Gasteiger partial charge in [0.15, 0.2) is 10.4 Å². The van der Waals surface area contributed by atoms with Crippen LogP contribution in [0.5, 0.6) is 0 Å². The van der Waals surface area contributed by atoms with Gasteiger partial charge in [-0.05, 0) is 40.2 Å². The molecular weight excluding hydrogens is 364 g/mol. The van der Waals surface area contributed by atoms with Crippen LogP contribution in [0.15, 0.2) is 43.8 Å². The zero-order chi connectivity index (χ0) is 15.7. The monoisotopic (exact) mass is 369 g/mol. The molecule has 0 aliphatic carbocycles. The Morgan fingerprint density at radius 2 is 1.95 bits per heavy atom. The van der Waals surface area contributed by atoms with E-state index in [2.05, 4.69) is 31.4 Å². The van der Waals surface area contributed by atoms with Gasteiger partial charge in [0.1, 0.15) is 11.6 Å². The number of rotatable bonds is 3. The molecular formula is C13H6BrF2N3O3. The van der Waals surface area contributed by atoms with Gasteiger partial charge in [0.25, 0.3) is 11.8 Å². The summed E-state index contributed by atoms with van der Waals surface area (Å²) in [6, 6.07) is 5.57. The molecule has 0 aliphatic heterocycles. The average molecular weight is 370 g/mol. The molecule has 0 saturated carbocycles. The normalized spacial score (nSPS) is 10.7. The molecule has 0 aliphatic rings. The van der Waals surface area contributed by atoms with Crippen molar-refractivity contribution in [2.45, 2.75) is 0 Å². The summed E-state index contributed by atoms with van der Waals surface area (Å²) in [6.07, 6.45) is 0. The fourth-order valence-corrected chi connectivity index (χ4v) is 1.95. The van der Waals surface area contributed by atoms with E-state index in [4.69, 9.17) is 8.83 Å². The SMILES string of the molecule is O=C(Nc1nnc(-c2ccc(Br)o2)o1)c1ccc(F)cc1F. The Labute approximate surface area is 130 Å². The average Bonchev–Trinajstić information content (AvgIpc) is 3.07. The van der Waals surface area contributed by atoms with E-state index in [1.54, 1.807) is 12.1 Å². The second-order valence-corrected chi connectivity index (χ2v) is 4.88. The highest BCUT2D eigenvalue weighted by molar-refractivity contribution is 9.10. The van der Waals surface area contributed by atoms with Gasteiger partial charge < -0.3 is 8.83 Å². The molecule has 22 heavy (non-hydrogen) atoms. The molecule has 3 aromatic rings. The van der Waals surface area contributed by atoms with Crippen LogP contribution < -0.4 is 5.32 Å². The van der Waals surface area contributed by atoms with Crippen LogP contribution in [0.1, 0.15) is 10.4 Å². The molecule has 0 fully saturated rings. The summed E-state index contributed by atoms with van der Waals surface area (Å²) in [7, 11) is 0. The molecule has 1 N–H and O–H groups in total. The summed E-state index contributed by atoms with van der Waals surface area (Å²) < 4.78 is 37.1. The number of furan rings is 1. The Kier molecular flexibility index (Phi) is 3.72. The number of halogens is 3. The molecule has 1 aromatic carbocycles. The molecule has 2 heterocycles. The fraction of sp³-hybridized carbons (Fsp3) is 0. The third kappa shape index (κ3) is 2.89. The maximum absolute atomic E-state index is 13.5. The van der Waals surface area contributed by atoms with Gasteiger partial charge >= 0.3 is 6.01 Å². The number of nitrogens with zero attached hydrogens (tertiary/aromatic N) is 2. The first kappa shape index (κ1) is 14.4. The third-order valence-electron chi connectivity index (χ3n) is 2.61. The van der Waals surface area contributed by atoms with Gasteiger partial charge in [0, 0.05) is 6.07 Å². The van der Waals surface area contributed by atoms with Crippen molar-refractivity contribution < 1.29 is 22.4 Å². The molecule has 0 atom stereocenters. The van der Waals surface area contributed by atoms with Gasteiger partial charge in [0.05, 0.1) is 5.56 Å². The maximum atomic E-state index is 13.5. The quantitative estimate of drug-likeness (QED) is 0.762. The van der Waals surface area contributed by atoms with Gasteiger partial charge in [-0.1, -0.05) is 5.10 Å². The van der Waals surface area contributed by atoms with Crippen LogP contribution in [0.4, 0.5) is 14.8 Å². The summed E-state index contributed by atoms with van der Waals surface area (Å²) in [5.74, 6) is -2.27. The van der Waals surface area contributed by atoms with E-state index in [0.29, 0.717) is 16.5 Å². The molecule has 1 amide bonds. The molecule has 0 spiro atoms. The van der Waals surface area contributed by atoms with Gasteiger partial charge in [0.2, 0.25) is 0 Å². The Bertz CT molecular complexity index is 847. The van der Waals surface area contributed by atoms with Crippen LogP contribution in [0.3, 0.4) is 0 Å².